The van der Waals surface area contributed by atoms with Crippen LogP contribution >= 0.6 is 11.3 Å². The Balaban J connectivity index is 1.66. The van der Waals surface area contributed by atoms with Gasteiger partial charge in [-0.3, -0.25) is 19.6 Å². The van der Waals surface area contributed by atoms with Crippen molar-refractivity contribution in [1.82, 2.24) is 19.4 Å². The van der Waals surface area contributed by atoms with Crippen LogP contribution in [0, 0.1) is 11.3 Å². The second-order valence-corrected chi connectivity index (χ2v) is 10.8. The topological polar surface area (TPSA) is 81.4 Å². The summed E-state index contributed by atoms with van der Waals surface area (Å²) in [5.74, 6) is 0.346. The summed E-state index contributed by atoms with van der Waals surface area (Å²) in [6.45, 7) is 6.60. The number of amidine groups is 1. The van der Waals surface area contributed by atoms with Crippen LogP contribution in [0.1, 0.15) is 38.1 Å². The van der Waals surface area contributed by atoms with Crippen LogP contribution < -0.4 is 0 Å². The summed E-state index contributed by atoms with van der Waals surface area (Å²) < 4.78 is 3.22. The number of imide groups is 1. The van der Waals surface area contributed by atoms with Crippen LogP contribution in [0.15, 0.2) is 53.1 Å². The maximum atomic E-state index is 14.0. The highest BCUT2D eigenvalue weighted by atomic mass is 32.1. The van der Waals surface area contributed by atoms with Crippen LogP contribution in [0.5, 0.6) is 0 Å². The molecule has 9 heteroatoms. The van der Waals surface area contributed by atoms with Crippen molar-refractivity contribution >= 4 is 39.2 Å². The fraction of sp³-hybridized carbons (Fsp3) is 0.423. The van der Waals surface area contributed by atoms with Crippen LogP contribution in [0.3, 0.4) is 0 Å². The molecule has 2 aliphatic rings. The van der Waals surface area contributed by atoms with Gasteiger partial charge in [0, 0.05) is 30.2 Å². The lowest BCUT2D eigenvalue weighted by molar-refractivity contribution is -0.139. The average molecular weight is 494 g/mol. The highest BCUT2D eigenvalue weighted by Crippen LogP contribution is 2.50. The molecule has 1 aromatic carbocycles. The Morgan fingerprint density at radius 2 is 1.91 bits per heavy atom. The van der Waals surface area contributed by atoms with Crippen molar-refractivity contribution in [3.63, 3.8) is 0 Å². The number of rotatable bonds is 7. The van der Waals surface area contributed by atoms with Gasteiger partial charge < -0.3 is 9.67 Å². The molecule has 1 N–H and O–H groups in total. The number of carbonyl (C=O) groups excluding carboxylic acids is 2. The lowest BCUT2D eigenvalue weighted by atomic mass is 9.76. The van der Waals surface area contributed by atoms with Crippen molar-refractivity contribution in [1.29, 1.82) is 0 Å². The van der Waals surface area contributed by atoms with Gasteiger partial charge in [0.2, 0.25) is 5.91 Å². The van der Waals surface area contributed by atoms with Gasteiger partial charge in [0.25, 0.3) is 0 Å². The van der Waals surface area contributed by atoms with Crippen LogP contribution in [0.4, 0.5) is 4.79 Å². The van der Waals surface area contributed by atoms with E-state index in [2.05, 4.69) is 17.5 Å². The van der Waals surface area contributed by atoms with E-state index in [4.69, 9.17) is 5.10 Å². The first-order valence-electron chi connectivity index (χ1n) is 11.9. The molecule has 1 saturated heterocycles. The Bertz CT molecular complexity index is 1310. The molecule has 2 aromatic heterocycles. The van der Waals surface area contributed by atoms with Crippen molar-refractivity contribution < 1.29 is 14.7 Å². The number of urea groups is 1. The number of benzene rings is 1. The summed E-state index contributed by atoms with van der Waals surface area (Å²) in [5.41, 5.74) is 0.996. The predicted molar refractivity (Wildman–Crippen MR) is 137 cm³/mol. The number of thiophene rings is 1. The third-order valence-corrected chi connectivity index (χ3v) is 7.98. The molecule has 0 spiro atoms. The fourth-order valence-corrected chi connectivity index (χ4v) is 6.30. The molecule has 5 rings (SSSR count). The van der Waals surface area contributed by atoms with Crippen molar-refractivity contribution in [2.24, 2.45) is 23.5 Å². The van der Waals surface area contributed by atoms with E-state index in [9.17, 15) is 14.7 Å². The number of nitrogens with zero attached hydrogens (tertiary/aromatic N) is 5. The molecule has 0 radical (unpaired) electrons. The Morgan fingerprint density at radius 3 is 2.60 bits per heavy atom. The molecule has 2 aliphatic heterocycles. The smallest absolute Gasteiger partial charge is 0.332 e. The molecular weight excluding hydrogens is 462 g/mol. The Morgan fingerprint density at radius 1 is 1.14 bits per heavy atom. The maximum Gasteiger partial charge on any atom is 0.332 e. The van der Waals surface area contributed by atoms with E-state index in [1.165, 1.54) is 15.0 Å². The third kappa shape index (κ3) is 3.65. The van der Waals surface area contributed by atoms with E-state index in [-0.39, 0.29) is 25.0 Å². The van der Waals surface area contributed by atoms with Gasteiger partial charge in [-0.05, 0) is 47.4 Å². The number of hydrogen-bond donors (Lipinski definition) is 1. The summed E-state index contributed by atoms with van der Waals surface area (Å²) in [6, 6.07) is 11.4. The molecule has 2 unspecified atom stereocenters. The summed E-state index contributed by atoms with van der Waals surface area (Å²) in [5, 5.41) is 20.0. The van der Waals surface area contributed by atoms with E-state index in [0.717, 1.165) is 11.3 Å². The number of aryl methyl sites for hydroxylation is 1. The number of amides is 3. The minimum absolute atomic E-state index is 0.0375. The normalized spacial score (nSPS) is 22.5. The summed E-state index contributed by atoms with van der Waals surface area (Å²) in [4.78, 5) is 30.2. The molecule has 0 saturated carbocycles. The van der Waals surface area contributed by atoms with E-state index < -0.39 is 17.5 Å². The van der Waals surface area contributed by atoms with Crippen LogP contribution in [-0.2, 0) is 18.4 Å². The number of aromatic nitrogens is 1. The summed E-state index contributed by atoms with van der Waals surface area (Å²) in [7, 11) is 1.96. The molecule has 1 fully saturated rings. The molecular formula is C26H31N5O3S. The molecule has 184 valence electrons. The first-order chi connectivity index (χ1) is 16.8. The second kappa shape index (κ2) is 8.80. The molecule has 3 aromatic rings. The van der Waals surface area contributed by atoms with Gasteiger partial charge in [-0.25, -0.2) is 4.79 Å². The van der Waals surface area contributed by atoms with Crippen LogP contribution in [0.25, 0.3) is 10.1 Å². The molecule has 4 heterocycles. The zero-order chi connectivity index (χ0) is 24.9. The Labute approximate surface area is 209 Å². The monoisotopic (exact) mass is 493 g/mol. The highest BCUT2D eigenvalue weighted by molar-refractivity contribution is 7.17. The predicted octanol–water partition coefficient (Wildman–Crippen LogP) is 4.03. The Hall–Kier alpha value is -3.17. The fourth-order valence-electron chi connectivity index (χ4n) is 5.34. The minimum Gasteiger partial charge on any atom is -0.395 e. The minimum atomic E-state index is -1.09. The SMILES string of the molecule is CC(C)CN1C(=O)N(CCO)C(=O)C2(C)C1=NN(Cc1csc3ccccc13)C2c1cccn1C. The first kappa shape index (κ1) is 23.6. The number of hydrogen-bond acceptors (Lipinski definition) is 6. The van der Waals surface area contributed by atoms with Gasteiger partial charge in [-0.15, -0.1) is 11.3 Å². The summed E-state index contributed by atoms with van der Waals surface area (Å²) in [6.07, 6.45) is 1.96. The molecule has 0 aliphatic carbocycles. The van der Waals surface area contributed by atoms with Gasteiger partial charge in [-0.2, -0.15) is 5.10 Å². The summed E-state index contributed by atoms with van der Waals surface area (Å²) >= 11 is 1.69. The third-order valence-electron chi connectivity index (χ3n) is 6.97. The van der Waals surface area contributed by atoms with E-state index in [1.54, 1.807) is 16.2 Å². The number of aliphatic hydroxyl groups excluding tert-OH is 1. The van der Waals surface area contributed by atoms with Crippen LogP contribution in [0.2, 0.25) is 0 Å². The number of carbonyl (C=O) groups is 2. The van der Waals surface area contributed by atoms with Gasteiger partial charge in [0.1, 0.15) is 11.5 Å². The van der Waals surface area contributed by atoms with Gasteiger partial charge in [0.15, 0.2) is 5.84 Å². The molecule has 0 bridgehead atoms. The Kier molecular flexibility index (Phi) is 5.93. The molecule has 3 amide bonds. The number of β-amino-alcohol motifs (C(OH)–C–C–N with tert-alkyl or cyclic N) is 1. The van der Waals surface area contributed by atoms with Gasteiger partial charge in [-0.1, -0.05) is 32.0 Å². The second-order valence-electron chi connectivity index (χ2n) is 9.89. The van der Waals surface area contributed by atoms with Gasteiger partial charge >= 0.3 is 6.03 Å². The number of aliphatic hydroxyl groups is 1. The number of hydrazone groups is 1. The van der Waals surface area contributed by atoms with Crippen molar-refractivity contribution in [3.05, 3.63) is 59.2 Å². The zero-order valence-corrected chi connectivity index (χ0v) is 21.3. The quantitative estimate of drug-likeness (QED) is 0.539. The van der Waals surface area contributed by atoms with Crippen molar-refractivity contribution in [2.45, 2.75) is 33.4 Å². The highest BCUT2D eigenvalue weighted by Gasteiger charge is 2.62. The van der Waals surface area contributed by atoms with Gasteiger partial charge in [0.05, 0.1) is 19.7 Å². The molecule has 8 nitrogen and oxygen atoms in total. The van der Waals surface area contributed by atoms with E-state index in [0.29, 0.717) is 18.9 Å². The lowest BCUT2D eigenvalue weighted by Crippen LogP contribution is -2.65. The first-order valence-corrected chi connectivity index (χ1v) is 12.8. The molecule has 35 heavy (non-hydrogen) atoms. The largest absolute Gasteiger partial charge is 0.395 e. The number of fused-ring (bicyclic) bond motifs is 2. The van der Waals surface area contributed by atoms with E-state index in [1.807, 2.05) is 67.9 Å². The van der Waals surface area contributed by atoms with Crippen LogP contribution in [-0.4, -0.2) is 62.0 Å². The standard InChI is InChI=1S/C26H31N5O3S/c1-17(2)14-30-23-26(3,24(33)29(12-13-32)25(30)34)22(20-9-7-11-28(20)4)31(27-23)15-18-16-35-21-10-6-5-8-19(18)21/h5-11,16-17,22,32H,12-15H2,1-4H3. The van der Waals surface area contributed by atoms with Crippen molar-refractivity contribution in [3.8, 4) is 0 Å². The van der Waals surface area contributed by atoms with Crippen molar-refractivity contribution in [2.75, 3.05) is 19.7 Å². The zero-order valence-electron chi connectivity index (χ0n) is 20.5. The molecule has 2 atom stereocenters. The average Bonchev–Trinajstić information content (AvgIpc) is 3.51. The maximum absolute atomic E-state index is 14.0. The van der Waals surface area contributed by atoms with E-state index >= 15 is 0 Å². The lowest BCUT2D eigenvalue weighted by Gasteiger charge is -2.45.